The first-order valence-corrected chi connectivity index (χ1v) is 15.9. The molecule has 0 heterocycles. The summed E-state index contributed by atoms with van der Waals surface area (Å²) in [6, 6.07) is 35.6. The quantitative estimate of drug-likeness (QED) is 0.178. The number of hydrogen-bond donors (Lipinski definition) is 0. The molecular weight excluding hydrogens is 572 g/mol. The molecular formula is C40H42Zr. The average molecular weight is 614 g/mol. The Hall–Kier alpha value is -2.89. The molecule has 1 heteroatoms. The molecule has 0 radical (unpaired) electrons. The Morgan fingerprint density at radius 2 is 1.37 bits per heavy atom. The van der Waals surface area contributed by atoms with E-state index in [1.165, 1.54) is 83.1 Å². The van der Waals surface area contributed by atoms with E-state index in [0.29, 0.717) is 11.3 Å². The van der Waals surface area contributed by atoms with Crippen molar-refractivity contribution in [2.45, 2.75) is 61.3 Å². The fourth-order valence-corrected chi connectivity index (χ4v) is 6.16. The predicted octanol–water partition coefficient (Wildman–Crippen LogP) is 10.2. The van der Waals surface area contributed by atoms with Crippen LogP contribution >= 0.6 is 0 Å². The molecule has 0 bridgehead atoms. The zero-order valence-electron chi connectivity index (χ0n) is 25.7. The van der Waals surface area contributed by atoms with Gasteiger partial charge < -0.3 is 0 Å². The SMILES string of the molecule is CCC1=[C-]C(C)C=C1C(C)(C)C.Cc1ccc([C](=[Zr+2])c2ccc(C)cc2)cc1.[c-]1cccc2c1Cc1ccccc1-2. The summed E-state index contributed by atoms with van der Waals surface area (Å²) in [4.78, 5) is 0. The third-order valence-electron chi connectivity index (χ3n) is 7.60. The molecule has 0 N–H and O–H groups in total. The van der Waals surface area contributed by atoms with E-state index in [4.69, 9.17) is 0 Å². The Balaban J connectivity index is 0.000000143. The van der Waals surface area contributed by atoms with Gasteiger partial charge >= 0.3 is 112 Å². The van der Waals surface area contributed by atoms with Gasteiger partial charge in [-0.2, -0.15) is 41.5 Å². The second-order valence-corrected chi connectivity index (χ2v) is 13.3. The van der Waals surface area contributed by atoms with E-state index in [9.17, 15) is 0 Å². The molecule has 41 heavy (non-hydrogen) atoms. The molecule has 0 fully saturated rings. The van der Waals surface area contributed by atoms with Crippen LogP contribution in [-0.4, -0.2) is 3.21 Å². The van der Waals surface area contributed by atoms with Crippen molar-refractivity contribution in [3.8, 4) is 11.1 Å². The van der Waals surface area contributed by atoms with Gasteiger partial charge in [0.25, 0.3) is 0 Å². The van der Waals surface area contributed by atoms with Crippen LogP contribution in [0, 0.1) is 37.3 Å². The second kappa shape index (κ2) is 13.9. The fourth-order valence-electron chi connectivity index (χ4n) is 5.34. The van der Waals surface area contributed by atoms with Gasteiger partial charge in [-0.15, -0.1) is 5.56 Å². The smallest absolute Gasteiger partial charge is 0.0253 e. The molecule has 6 rings (SSSR count). The van der Waals surface area contributed by atoms with Gasteiger partial charge in [0, 0.05) is 0 Å². The second-order valence-electron chi connectivity index (χ2n) is 12.1. The zero-order valence-corrected chi connectivity index (χ0v) is 28.2. The van der Waals surface area contributed by atoms with Crippen LogP contribution in [0.2, 0.25) is 0 Å². The van der Waals surface area contributed by atoms with Gasteiger partial charge in [-0.1, -0.05) is 87.8 Å². The minimum Gasteiger partial charge on any atom is -0.179 e. The van der Waals surface area contributed by atoms with Crippen LogP contribution in [0.3, 0.4) is 0 Å². The number of hydrogen-bond acceptors (Lipinski definition) is 0. The molecule has 0 amide bonds. The molecule has 2 aliphatic carbocycles. The molecule has 4 aromatic rings. The first kappa shape index (κ1) is 31.1. The molecule has 206 valence electrons. The molecule has 0 aromatic heterocycles. The van der Waals surface area contributed by atoms with Crippen LogP contribution in [0.1, 0.15) is 74.4 Å². The van der Waals surface area contributed by atoms with Gasteiger partial charge in [-0.05, 0) is 6.42 Å². The van der Waals surface area contributed by atoms with Gasteiger partial charge in [-0.3, -0.25) is 6.08 Å². The van der Waals surface area contributed by atoms with Crippen molar-refractivity contribution in [2.75, 3.05) is 0 Å². The fraction of sp³-hybridized carbons (Fsp3) is 0.275. The summed E-state index contributed by atoms with van der Waals surface area (Å²) in [5, 5.41) is 0. The number of aryl methyl sites for hydroxylation is 2. The molecule has 0 saturated carbocycles. The number of benzene rings is 4. The maximum Gasteiger partial charge on any atom is -0.0253 e. The van der Waals surface area contributed by atoms with Crippen LogP contribution in [-0.2, 0) is 30.7 Å². The molecule has 2 aliphatic rings. The van der Waals surface area contributed by atoms with Crippen molar-refractivity contribution in [3.05, 3.63) is 154 Å². The van der Waals surface area contributed by atoms with Crippen molar-refractivity contribution in [2.24, 2.45) is 11.3 Å². The van der Waals surface area contributed by atoms with Gasteiger partial charge in [-0.25, -0.2) is 5.57 Å². The van der Waals surface area contributed by atoms with Crippen molar-refractivity contribution in [1.82, 2.24) is 0 Å². The minimum absolute atomic E-state index is 0.295. The standard InChI is InChI=1S/C15H14.C13H9.C12H19.Zr/c1-12-3-7-14(8-4-12)11-15-9-5-13(2)6-10-15;1-3-7-12-10(5-1)9-11-6-2-4-8-13(11)12;1-6-10-7-9(2)8-11(10)12(3,4)5;/h3-10H,1-2H3;1-5,7-8H,9H2;8-9H,6H2,1-5H3;/q;2*-1;+2. The first-order valence-electron chi connectivity index (χ1n) is 14.7. The first-order chi connectivity index (χ1) is 19.6. The zero-order chi connectivity index (χ0) is 29.6. The van der Waals surface area contributed by atoms with Gasteiger partial charge in [0.2, 0.25) is 0 Å². The summed E-state index contributed by atoms with van der Waals surface area (Å²) in [6.07, 6.45) is 8.00. The Labute approximate surface area is 263 Å². The normalized spacial score (nSPS) is 14.9. The van der Waals surface area contributed by atoms with Crippen molar-refractivity contribution in [3.63, 3.8) is 0 Å². The molecule has 4 aromatic carbocycles. The third-order valence-corrected chi connectivity index (χ3v) is 9.02. The van der Waals surface area contributed by atoms with E-state index < -0.39 is 0 Å². The van der Waals surface area contributed by atoms with E-state index >= 15 is 0 Å². The van der Waals surface area contributed by atoms with E-state index in [2.05, 4.69) is 152 Å². The van der Waals surface area contributed by atoms with Gasteiger partial charge in [0.05, 0.1) is 0 Å². The van der Waals surface area contributed by atoms with Crippen LogP contribution < -0.4 is 0 Å². The molecule has 1 unspecified atom stereocenters. The topological polar surface area (TPSA) is 0 Å². The summed E-state index contributed by atoms with van der Waals surface area (Å²) in [6.45, 7) is 15.5. The van der Waals surface area contributed by atoms with Gasteiger partial charge in [0.1, 0.15) is 0 Å². The predicted molar refractivity (Wildman–Crippen MR) is 173 cm³/mol. The Kier molecular flexibility index (Phi) is 10.5. The third kappa shape index (κ3) is 8.11. The molecule has 0 nitrogen and oxygen atoms in total. The maximum absolute atomic E-state index is 3.48. The summed E-state index contributed by atoms with van der Waals surface area (Å²) in [5.41, 5.74) is 14.0. The number of allylic oxidation sites excluding steroid dienone is 4. The Morgan fingerprint density at radius 3 is 1.90 bits per heavy atom. The molecule has 0 spiro atoms. The summed E-state index contributed by atoms with van der Waals surface area (Å²) in [5.74, 6) is 0.522. The van der Waals surface area contributed by atoms with E-state index in [0.717, 1.165) is 12.8 Å². The molecule has 0 saturated heterocycles. The monoisotopic (exact) mass is 612 g/mol. The van der Waals surface area contributed by atoms with Crippen LogP contribution in [0.5, 0.6) is 0 Å². The summed E-state index contributed by atoms with van der Waals surface area (Å²) in [7, 11) is 0. The summed E-state index contributed by atoms with van der Waals surface area (Å²) >= 11 is 1.46. The van der Waals surface area contributed by atoms with Crippen LogP contribution in [0.15, 0.2) is 108 Å². The summed E-state index contributed by atoms with van der Waals surface area (Å²) < 4.78 is 1.42. The van der Waals surface area contributed by atoms with Crippen LogP contribution in [0.25, 0.3) is 11.1 Å². The van der Waals surface area contributed by atoms with Crippen LogP contribution in [0.4, 0.5) is 0 Å². The van der Waals surface area contributed by atoms with Crippen molar-refractivity contribution in [1.29, 1.82) is 0 Å². The van der Waals surface area contributed by atoms with Crippen molar-refractivity contribution >= 4 is 3.21 Å². The van der Waals surface area contributed by atoms with E-state index in [1.54, 1.807) is 0 Å². The van der Waals surface area contributed by atoms with Crippen molar-refractivity contribution < 1.29 is 24.2 Å². The Bertz CT molecular complexity index is 1450. The maximum atomic E-state index is 3.48. The average Bonchev–Trinajstić information content (AvgIpc) is 3.54. The number of rotatable bonds is 3. The van der Waals surface area contributed by atoms with E-state index in [-0.39, 0.29) is 0 Å². The van der Waals surface area contributed by atoms with E-state index in [1.807, 2.05) is 6.07 Å². The minimum atomic E-state index is 0.295. The van der Waals surface area contributed by atoms with Gasteiger partial charge in [0.15, 0.2) is 0 Å². The largest absolute Gasteiger partial charge is 0.179 e. The molecule has 0 aliphatic heterocycles. The Morgan fingerprint density at radius 1 is 0.805 bits per heavy atom. The number of fused-ring (bicyclic) bond motifs is 3. The molecule has 1 atom stereocenters.